The van der Waals surface area contributed by atoms with Crippen molar-refractivity contribution in [1.29, 1.82) is 0 Å². The normalized spacial score (nSPS) is 11.0. The summed E-state index contributed by atoms with van der Waals surface area (Å²) in [7, 11) is 1.76. The molecule has 0 unspecified atom stereocenters. The van der Waals surface area contributed by atoms with Crippen LogP contribution in [0.5, 0.6) is 0 Å². The highest BCUT2D eigenvalue weighted by Gasteiger charge is 2.17. The molecule has 0 atom stereocenters. The van der Waals surface area contributed by atoms with E-state index in [1.165, 1.54) is 11.3 Å². The van der Waals surface area contributed by atoms with Crippen LogP contribution >= 0.6 is 0 Å². The van der Waals surface area contributed by atoms with E-state index in [1.54, 1.807) is 7.11 Å². The Balaban J connectivity index is 3.01. The van der Waals surface area contributed by atoms with E-state index in [0.29, 0.717) is 12.6 Å². The number of benzene rings is 1. The van der Waals surface area contributed by atoms with Crippen molar-refractivity contribution in [2.24, 2.45) is 5.73 Å². The van der Waals surface area contributed by atoms with Crippen LogP contribution in [0.25, 0.3) is 0 Å². The third-order valence-corrected chi connectivity index (χ3v) is 3.63. The molecule has 0 aliphatic carbocycles. The molecule has 0 heterocycles. The lowest BCUT2D eigenvalue weighted by atomic mass is 10.0. The highest BCUT2D eigenvalue weighted by atomic mass is 16.5. The first-order valence-electron chi connectivity index (χ1n) is 7.31. The Hall–Kier alpha value is -1.06. The summed E-state index contributed by atoms with van der Waals surface area (Å²) in [5, 5.41) is 0. The number of nitrogens with two attached hydrogens (primary N) is 1. The van der Waals surface area contributed by atoms with Crippen LogP contribution in [0.3, 0.4) is 0 Å². The summed E-state index contributed by atoms with van der Waals surface area (Å²) < 4.78 is 5.27. The van der Waals surface area contributed by atoms with E-state index in [4.69, 9.17) is 10.5 Å². The molecule has 3 nitrogen and oxygen atoms in total. The average molecular weight is 264 g/mol. The predicted molar refractivity (Wildman–Crippen MR) is 82.8 cm³/mol. The van der Waals surface area contributed by atoms with Crippen molar-refractivity contribution in [2.75, 3.05) is 31.7 Å². The van der Waals surface area contributed by atoms with E-state index in [9.17, 15) is 0 Å². The number of hydrogen-bond acceptors (Lipinski definition) is 3. The Labute approximate surface area is 117 Å². The van der Waals surface area contributed by atoms with Gasteiger partial charge in [0.05, 0.1) is 6.61 Å². The number of ether oxygens (including phenoxy) is 1. The summed E-state index contributed by atoms with van der Waals surface area (Å²) in [4.78, 5) is 2.48. The molecule has 0 aromatic heterocycles. The van der Waals surface area contributed by atoms with Crippen LogP contribution in [0.15, 0.2) is 24.3 Å². The number of para-hydroxylation sites is 1. The third-order valence-electron chi connectivity index (χ3n) is 3.63. The van der Waals surface area contributed by atoms with Gasteiger partial charge in [0.1, 0.15) is 0 Å². The second-order valence-corrected chi connectivity index (χ2v) is 4.82. The first kappa shape index (κ1) is 16.0. The Morgan fingerprint density at radius 2 is 1.89 bits per heavy atom. The molecule has 0 aliphatic heterocycles. The highest BCUT2D eigenvalue weighted by Crippen LogP contribution is 2.25. The van der Waals surface area contributed by atoms with Gasteiger partial charge in [-0.15, -0.1) is 0 Å². The molecular weight excluding hydrogens is 236 g/mol. The maximum Gasteiger partial charge on any atom is 0.0637 e. The summed E-state index contributed by atoms with van der Waals surface area (Å²) >= 11 is 0. The molecular formula is C16H28N2O. The lowest BCUT2D eigenvalue weighted by molar-refractivity contribution is 0.202. The topological polar surface area (TPSA) is 38.5 Å². The summed E-state index contributed by atoms with van der Waals surface area (Å²) in [5.74, 6) is 0. The van der Waals surface area contributed by atoms with Gasteiger partial charge in [0.2, 0.25) is 0 Å². The quantitative estimate of drug-likeness (QED) is 0.745. The fourth-order valence-electron chi connectivity index (χ4n) is 2.58. The zero-order valence-electron chi connectivity index (χ0n) is 12.6. The summed E-state index contributed by atoms with van der Waals surface area (Å²) in [5.41, 5.74) is 8.39. The largest absolute Gasteiger partial charge is 0.383 e. The summed E-state index contributed by atoms with van der Waals surface area (Å²) in [6.45, 7) is 6.88. The Bertz CT molecular complexity index is 350. The van der Waals surface area contributed by atoms with Crippen LogP contribution < -0.4 is 10.6 Å². The average Bonchev–Trinajstić information content (AvgIpc) is 2.45. The molecule has 0 aliphatic rings. The van der Waals surface area contributed by atoms with Gasteiger partial charge in [-0.25, -0.2) is 0 Å². The molecule has 3 heteroatoms. The molecule has 19 heavy (non-hydrogen) atoms. The van der Waals surface area contributed by atoms with E-state index in [1.807, 2.05) is 0 Å². The van der Waals surface area contributed by atoms with Gasteiger partial charge in [0, 0.05) is 25.4 Å². The molecule has 1 aromatic carbocycles. The van der Waals surface area contributed by atoms with Gasteiger partial charge in [0.15, 0.2) is 0 Å². The van der Waals surface area contributed by atoms with Crippen LogP contribution in [-0.4, -0.2) is 32.8 Å². The van der Waals surface area contributed by atoms with Crippen molar-refractivity contribution in [3.8, 4) is 0 Å². The minimum atomic E-state index is 0.564. The summed E-state index contributed by atoms with van der Waals surface area (Å²) in [6, 6.07) is 9.16. The van der Waals surface area contributed by atoms with E-state index in [2.05, 4.69) is 43.0 Å². The number of hydrogen-bond donors (Lipinski definition) is 1. The van der Waals surface area contributed by atoms with Gasteiger partial charge in [-0.3, -0.25) is 0 Å². The maximum absolute atomic E-state index is 5.73. The van der Waals surface area contributed by atoms with E-state index in [-0.39, 0.29) is 0 Å². The van der Waals surface area contributed by atoms with Gasteiger partial charge in [0.25, 0.3) is 0 Å². The number of rotatable bonds is 9. The fourth-order valence-corrected chi connectivity index (χ4v) is 2.58. The minimum absolute atomic E-state index is 0.564. The molecule has 0 spiro atoms. The molecule has 2 N–H and O–H groups in total. The highest BCUT2D eigenvalue weighted by molar-refractivity contribution is 5.54. The van der Waals surface area contributed by atoms with Gasteiger partial charge in [-0.1, -0.05) is 32.0 Å². The SMILES string of the molecule is CCC(CC)N(CCOC)c1ccccc1CCN. The molecule has 0 amide bonds. The Morgan fingerprint density at radius 3 is 2.47 bits per heavy atom. The van der Waals surface area contributed by atoms with Gasteiger partial charge in [-0.05, 0) is 37.4 Å². The number of nitrogens with zero attached hydrogens (tertiary/aromatic N) is 1. The molecule has 1 rings (SSSR count). The van der Waals surface area contributed by atoms with Crippen LogP contribution in [0, 0.1) is 0 Å². The lowest BCUT2D eigenvalue weighted by Gasteiger charge is -2.34. The second-order valence-electron chi connectivity index (χ2n) is 4.82. The Morgan fingerprint density at radius 1 is 1.21 bits per heavy atom. The Kier molecular flexibility index (Phi) is 7.53. The lowest BCUT2D eigenvalue weighted by Crippen LogP contribution is -2.37. The first-order chi connectivity index (χ1) is 9.28. The zero-order valence-corrected chi connectivity index (χ0v) is 12.6. The van der Waals surface area contributed by atoms with Crippen LogP contribution in [0.4, 0.5) is 5.69 Å². The molecule has 0 bridgehead atoms. The smallest absolute Gasteiger partial charge is 0.0637 e. The standard InChI is InChI=1S/C16H28N2O/c1-4-15(5-2)18(12-13-19-3)16-9-7-6-8-14(16)10-11-17/h6-9,15H,4-5,10-13,17H2,1-3H3. The van der Waals surface area contributed by atoms with Crippen LogP contribution in [0.2, 0.25) is 0 Å². The van der Waals surface area contributed by atoms with Crippen molar-refractivity contribution in [3.05, 3.63) is 29.8 Å². The van der Waals surface area contributed by atoms with E-state index < -0.39 is 0 Å². The maximum atomic E-state index is 5.73. The molecule has 108 valence electrons. The van der Waals surface area contributed by atoms with Gasteiger partial charge in [-0.2, -0.15) is 0 Å². The molecule has 0 fully saturated rings. The molecule has 0 saturated carbocycles. The first-order valence-corrected chi connectivity index (χ1v) is 7.31. The molecule has 1 aromatic rings. The van der Waals surface area contributed by atoms with Crippen molar-refractivity contribution < 1.29 is 4.74 Å². The fraction of sp³-hybridized carbons (Fsp3) is 0.625. The second kappa shape index (κ2) is 8.94. The number of anilines is 1. The van der Waals surface area contributed by atoms with Crippen LogP contribution in [-0.2, 0) is 11.2 Å². The van der Waals surface area contributed by atoms with Gasteiger partial charge >= 0.3 is 0 Å². The monoisotopic (exact) mass is 264 g/mol. The van der Waals surface area contributed by atoms with Crippen molar-refractivity contribution in [1.82, 2.24) is 0 Å². The zero-order chi connectivity index (χ0) is 14.1. The van der Waals surface area contributed by atoms with E-state index in [0.717, 1.165) is 32.4 Å². The number of methoxy groups -OCH3 is 1. The predicted octanol–water partition coefficient (Wildman–Crippen LogP) is 2.83. The third kappa shape index (κ3) is 4.51. The van der Waals surface area contributed by atoms with Gasteiger partial charge < -0.3 is 15.4 Å². The van der Waals surface area contributed by atoms with Crippen molar-refractivity contribution >= 4 is 5.69 Å². The van der Waals surface area contributed by atoms with Crippen molar-refractivity contribution in [3.63, 3.8) is 0 Å². The molecule has 0 radical (unpaired) electrons. The van der Waals surface area contributed by atoms with Crippen molar-refractivity contribution in [2.45, 2.75) is 39.2 Å². The van der Waals surface area contributed by atoms with Crippen LogP contribution in [0.1, 0.15) is 32.3 Å². The molecule has 0 saturated heterocycles. The van der Waals surface area contributed by atoms with E-state index >= 15 is 0 Å². The summed E-state index contributed by atoms with van der Waals surface area (Å²) in [6.07, 6.45) is 3.23. The minimum Gasteiger partial charge on any atom is -0.383 e.